The SMILES string of the molecule is Cl.O=c1c2ccccc2oc2c(CN3CCCC3)cccc12. The van der Waals surface area contributed by atoms with Gasteiger partial charge < -0.3 is 4.42 Å². The summed E-state index contributed by atoms with van der Waals surface area (Å²) < 4.78 is 6.04. The molecule has 3 aromatic rings. The summed E-state index contributed by atoms with van der Waals surface area (Å²) in [5.41, 5.74) is 2.59. The maximum atomic E-state index is 12.6. The van der Waals surface area contributed by atoms with Crippen molar-refractivity contribution in [2.75, 3.05) is 13.1 Å². The van der Waals surface area contributed by atoms with Gasteiger partial charge in [-0.3, -0.25) is 9.69 Å². The average molecular weight is 316 g/mol. The second-order valence-electron chi connectivity index (χ2n) is 5.70. The smallest absolute Gasteiger partial charge is 0.200 e. The van der Waals surface area contributed by atoms with Gasteiger partial charge >= 0.3 is 0 Å². The molecule has 0 bridgehead atoms. The summed E-state index contributed by atoms with van der Waals surface area (Å²) >= 11 is 0. The van der Waals surface area contributed by atoms with E-state index in [-0.39, 0.29) is 17.8 Å². The third-order valence-corrected chi connectivity index (χ3v) is 4.28. The van der Waals surface area contributed by atoms with Gasteiger partial charge in [0.2, 0.25) is 5.43 Å². The first-order valence-corrected chi connectivity index (χ1v) is 7.49. The number of rotatable bonds is 2. The molecular weight excluding hydrogens is 298 g/mol. The predicted molar refractivity (Wildman–Crippen MR) is 91.7 cm³/mol. The van der Waals surface area contributed by atoms with Gasteiger partial charge in [0.05, 0.1) is 10.8 Å². The zero-order chi connectivity index (χ0) is 14.2. The van der Waals surface area contributed by atoms with E-state index < -0.39 is 0 Å². The van der Waals surface area contributed by atoms with Crippen LogP contribution in [-0.2, 0) is 6.54 Å². The second-order valence-corrected chi connectivity index (χ2v) is 5.70. The Balaban J connectivity index is 0.00000144. The third-order valence-electron chi connectivity index (χ3n) is 4.28. The van der Waals surface area contributed by atoms with Crippen molar-refractivity contribution in [3.8, 4) is 0 Å². The Morgan fingerprint density at radius 3 is 2.50 bits per heavy atom. The second kappa shape index (κ2) is 6.11. The van der Waals surface area contributed by atoms with Gasteiger partial charge in [-0.05, 0) is 44.1 Å². The van der Waals surface area contributed by atoms with E-state index in [2.05, 4.69) is 11.0 Å². The minimum absolute atomic E-state index is 0. The Morgan fingerprint density at radius 1 is 0.955 bits per heavy atom. The van der Waals surface area contributed by atoms with Gasteiger partial charge in [-0.15, -0.1) is 12.4 Å². The minimum atomic E-state index is 0. The van der Waals surface area contributed by atoms with Crippen molar-refractivity contribution < 1.29 is 4.42 Å². The zero-order valence-electron chi connectivity index (χ0n) is 12.2. The van der Waals surface area contributed by atoms with E-state index >= 15 is 0 Å². The molecule has 1 fully saturated rings. The van der Waals surface area contributed by atoms with Crippen molar-refractivity contribution in [1.82, 2.24) is 4.90 Å². The van der Waals surface area contributed by atoms with Crippen LogP contribution in [0.3, 0.4) is 0 Å². The van der Waals surface area contributed by atoms with Crippen LogP contribution >= 0.6 is 12.4 Å². The fourth-order valence-electron chi connectivity index (χ4n) is 3.19. The quantitative estimate of drug-likeness (QED) is 0.671. The maximum Gasteiger partial charge on any atom is 0.200 e. The lowest BCUT2D eigenvalue weighted by molar-refractivity contribution is 0.331. The molecule has 1 aliphatic heterocycles. The molecule has 0 aliphatic carbocycles. The van der Waals surface area contributed by atoms with Gasteiger partial charge in [0, 0.05) is 12.1 Å². The molecule has 1 saturated heterocycles. The summed E-state index contributed by atoms with van der Waals surface area (Å²) in [6, 6.07) is 13.4. The first-order chi connectivity index (χ1) is 10.3. The topological polar surface area (TPSA) is 33.5 Å². The fourth-order valence-corrected chi connectivity index (χ4v) is 3.19. The Hall–Kier alpha value is -1.84. The van der Waals surface area contributed by atoms with Crippen LogP contribution in [0.5, 0.6) is 0 Å². The van der Waals surface area contributed by atoms with Gasteiger partial charge in [0.15, 0.2) is 0 Å². The lowest BCUT2D eigenvalue weighted by Gasteiger charge is -2.15. The van der Waals surface area contributed by atoms with Crippen molar-refractivity contribution >= 4 is 34.3 Å². The molecule has 2 heterocycles. The number of likely N-dealkylation sites (tertiary alicyclic amines) is 1. The van der Waals surface area contributed by atoms with E-state index in [9.17, 15) is 4.79 Å². The standard InChI is InChI=1S/C18H17NO2.ClH/c20-17-14-7-1-2-9-16(14)21-18-13(6-5-8-15(17)18)12-19-10-3-4-11-19;/h1-2,5-9H,3-4,10-12H2;1H. The molecule has 2 aromatic carbocycles. The maximum absolute atomic E-state index is 12.6. The highest BCUT2D eigenvalue weighted by Crippen LogP contribution is 2.23. The molecular formula is C18H18ClNO2. The van der Waals surface area contributed by atoms with Crippen molar-refractivity contribution in [3.63, 3.8) is 0 Å². The highest BCUT2D eigenvalue weighted by molar-refractivity contribution is 5.90. The largest absolute Gasteiger partial charge is 0.455 e. The van der Waals surface area contributed by atoms with Gasteiger partial charge in [-0.25, -0.2) is 0 Å². The van der Waals surface area contributed by atoms with Gasteiger partial charge in [-0.1, -0.05) is 24.3 Å². The van der Waals surface area contributed by atoms with Crippen LogP contribution in [0.25, 0.3) is 21.9 Å². The molecule has 1 aromatic heterocycles. The summed E-state index contributed by atoms with van der Waals surface area (Å²) in [6.45, 7) is 3.13. The van der Waals surface area contributed by atoms with Crippen LogP contribution in [0, 0.1) is 0 Å². The number of hydrogen-bond donors (Lipinski definition) is 0. The normalized spacial score (nSPS) is 15.3. The summed E-state index contributed by atoms with van der Waals surface area (Å²) in [6.07, 6.45) is 2.52. The molecule has 4 heteroatoms. The molecule has 0 spiro atoms. The summed E-state index contributed by atoms with van der Waals surface area (Å²) in [7, 11) is 0. The lowest BCUT2D eigenvalue weighted by Crippen LogP contribution is -2.18. The highest BCUT2D eigenvalue weighted by atomic mass is 35.5. The van der Waals surface area contributed by atoms with Crippen LogP contribution in [0.2, 0.25) is 0 Å². The van der Waals surface area contributed by atoms with Gasteiger partial charge in [0.25, 0.3) is 0 Å². The molecule has 0 radical (unpaired) electrons. The van der Waals surface area contributed by atoms with E-state index in [1.807, 2.05) is 36.4 Å². The first-order valence-electron chi connectivity index (χ1n) is 7.49. The summed E-state index contributed by atoms with van der Waals surface area (Å²) in [5.74, 6) is 0. The average Bonchev–Trinajstić information content (AvgIpc) is 3.02. The van der Waals surface area contributed by atoms with E-state index in [0.29, 0.717) is 16.4 Å². The van der Waals surface area contributed by atoms with Gasteiger partial charge in [-0.2, -0.15) is 0 Å². The zero-order valence-corrected chi connectivity index (χ0v) is 13.1. The molecule has 0 N–H and O–H groups in total. The van der Waals surface area contributed by atoms with Crippen molar-refractivity contribution in [1.29, 1.82) is 0 Å². The van der Waals surface area contributed by atoms with Crippen LogP contribution < -0.4 is 5.43 Å². The number of para-hydroxylation sites is 2. The van der Waals surface area contributed by atoms with Crippen molar-refractivity contribution in [2.45, 2.75) is 19.4 Å². The predicted octanol–water partition coefficient (Wildman–Crippen LogP) is 3.96. The molecule has 0 amide bonds. The molecule has 4 rings (SSSR count). The van der Waals surface area contributed by atoms with E-state index in [0.717, 1.165) is 30.8 Å². The monoisotopic (exact) mass is 315 g/mol. The van der Waals surface area contributed by atoms with E-state index in [1.54, 1.807) is 0 Å². The molecule has 0 unspecified atom stereocenters. The molecule has 1 aliphatic rings. The first kappa shape index (κ1) is 15.1. The summed E-state index contributed by atoms with van der Waals surface area (Å²) in [5, 5.41) is 1.34. The minimum Gasteiger partial charge on any atom is -0.455 e. The molecule has 22 heavy (non-hydrogen) atoms. The number of halogens is 1. The number of nitrogens with zero attached hydrogens (tertiary/aromatic N) is 1. The number of fused-ring (bicyclic) bond motifs is 2. The Bertz CT molecular complexity index is 866. The lowest BCUT2D eigenvalue weighted by atomic mass is 10.1. The van der Waals surface area contributed by atoms with Crippen LogP contribution in [-0.4, -0.2) is 18.0 Å². The van der Waals surface area contributed by atoms with Crippen molar-refractivity contribution in [2.24, 2.45) is 0 Å². The summed E-state index contributed by atoms with van der Waals surface area (Å²) in [4.78, 5) is 15.0. The molecule has 114 valence electrons. The van der Waals surface area contributed by atoms with E-state index in [4.69, 9.17) is 4.42 Å². The van der Waals surface area contributed by atoms with Crippen molar-refractivity contribution in [3.05, 3.63) is 58.3 Å². The van der Waals surface area contributed by atoms with Crippen LogP contribution in [0.15, 0.2) is 51.7 Å². The Labute approximate surface area is 134 Å². The fraction of sp³-hybridized carbons (Fsp3) is 0.278. The number of hydrogen-bond acceptors (Lipinski definition) is 3. The number of benzene rings is 2. The molecule has 0 saturated carbocycles. The Kier molecular flexibility index (Phi) is 4.19. The molecule has 3 nitrogen and oxygen atoms in total. The highest BCUT2D eigenvalue weighted by Gasteiger charge is 2.15. The Morgan fingerprint density at radius 2 is 1.68 bits per heavy atom. The molecule has 0 atom stereocenters. The van der Waals surface area contributed by atoms with Gasteiger partial charge in [0.1, 0.15) is 11.2 Å². The van der Waals surface area contributed by atoms with Crippen LogP contribution in [0.4, 0.5) is 0 Å². The van der Waals surface area contributed by atoms with Crippen LogP contribution in [0.1, 0.15) is 18.4 Å². The van der Waals surface area contributed by atoms with E-state index in [1.165, 1.54) is 12.8 Å². The third kappa shape index (κ3) is 2.51.